The van der Waals surface area contributed by atoms with Crippen molar-refractivity contribution in [3.8, 4) is 11.8 Å². The Morgan fingerprint density at radius 3 is 2.26 bits per heavy atom. The zero-order valence-corrected chi connectivity index (χ0v) is 13.5. The van der Waals surface area contributed by atoms with Gasteiger partial charge in [-0.2, -0.15) is 0 Å². The number of nitrogens with one attached hydrogen (secondary N) is 1. The third-order valence-electron chi connectivity index (χ3n) is 2.97. The highest BCUT2D eigenvalue weighted by molar-refractivity contribution is 5.92. The van der Waals surface area contributed by atoms with Gasteiger partial charge in [0.25, 0.3) is 5.91 Å². The highest BCUT2D eigenvalue weighted by atomic mass is 19.1. The molecule has 0 saturated carbocycles. The molecule has 1 N–H and O–H groups in total. The molecular formula is C19H19FN2O. The van der Waals surface area contributed by atoms with E-state index in [1.165, 1.54) is 12.1 Å². The molecule has 4 heteroatoms. The Kier molecular flexibility index (Phi) is 5.13. The van der Waals surface area contributed by atoms with E-state index in [2.05, 4.69) is 42.9 Å². The molecule has 23 heavy (non-hydrogen) atoms. The molecular weight excluding hydrogens is 291 g/mol. The first-order valence-corrected chi connectivity index (χ1v) is 7.35. The lowest BCUT2D eigenvalue weighted by Crippen LogP contribution is -2.32. The molecule has 0 aliphatic rings. The van der Waals surface area contributed by atoms with Gasteiger partial charge in [-0.1, -0.05) is 32.6 Å². The summed E-state index contributed by atoms with van der Waals surface area (Å²) in [5, 5.41) is 2.85. The summed E-state index contributed by atoms with van der Waals surface area (Å²) in [7, 11) is 0. The Hall–Kier alpha value is -2.67. The third kappa shape index (κ3) is 5.55. The van der Waals surface area contributed by atoms with Gasteiger partial charge in [0.2, 0.25) is 0 Å². The molecule has 0 bridgehead atoms. The summed E-state index contributed by atoms with van der Waals surface area (Å²) in [6, 6.07) is 9.35. The Bertz CT molecular complexity index is 732. The zero-order valence-electron chi connectivity index (χ0n) is 13.5. The van der Waals surface area contributed by atoms with E-state index in [0.29, 0.717) is 17.8 Å². The minimum atomic E-state index is -0.289. The van der Waals surface area contributed by atoms with E-state index < -0.39 is 0 Å². The van der Waals surface area contributed by atoms with E-state index in [1.807, 2.05) is 0 Å². The number of pyridine rings is 1. The van der Waals surface area contributed by atoms with Crippen molar-refractivity contribution in [2.45, 2.75) is 20.8 Å². The summed E-state index contributed by atoms with van der Waals surface area (Å²) < 4.78 is 12.8. The van der Waals surface area contributed by atoms with Crippen molar-refractivity contribution in [2.24, 2.45) is 5.41 Å². The van der Waals surface area contributed by atoms with Crippen LogP contribution in [0.1, 0.15) is 42.4 Å². The molecule has 0 aliphatic carbocycles. The third-order valence-corrected chi connectivity index (χ3v) is 2.97. The molecule has 1 aromatic carbocycles. The van der Waals surface area contributed by atoms with Gasteiger partial charge in [-0.05, 0) is 41.8 Å². The maximum Gasteiger partial charge on any atom is 0.269 e. The van der Waals surface area contributed by atoms with Crippen LogP contribution in [0, 0.1) is 23.1 Å². The van der Waals surface area contributed by atoms with Crippen LogP contribution in [0.3, 0.4) is 0 Å². The number of rotatable bonds is 2. The van der Waals surface area contributed by atoms with Gasteiger partial charge in [0.15, 0.2) is 0 Å². The lowest BCUT2D eigenvalue weighted by Gasteiger charge is -2.18. The normalized spacial score (nSPS) is 10.6. The monoisotopic (exact) mass is 310 g/mol. The second kappa shape index (κ2) is 7.06. The second-order valence-electron chi connectivity index (χ2n) is 6.43. The molecule has 3 nitrogen and oxygen atoms in total. The number of nitrogens with zero attached hydrogens (tertiary/aromatic N) is 1. The van der Waals surface area contributed by atoms with Crippen LogP contribution in [0.2, 0.25) is 0 Å². The number of amides is 1. The lowest BCUT2D eigenvalue weighted by molar-refractivity contribution is 0.0934. The fourth-order valence-corrected chi connectivity index (χ4v) is 1.72. The van der Waals surface area contributed by atoms with Crippen molar-refractivity contribution in [3.05, 3.63) is 65.2 Å². The summed E-state index contributed by atoms with van der Waals surface area (Å²) in [6.07, 6.45) is 1.56. The topological polar surface area (TPSA) is 42.0 Å². The number of halogens is 1. The quantitative estimate of drug-likeness (QED) is 0.864. The van der Waals surface area contributed by atoms with E-state index in [4.69, 9.17) is 0 Å². The van der Waals surface area contributed by atoms with Crippen LogP contribution >= 0.6 is 0 Å². The molecule has 0 saturated heterocycles. The molecule has 1 aromatic heterocycles. The van der Waals surface area contributed by atoms with Gasteiger partial charge < -0.3 is 5.32 Å². The first-order valence-electron chi connectivity index (χ1n) is 7.35. The van der Waals surface area contributed by atoms with Gasteiger partial charge in [0.05, 0.1) is 0 Å². The number of hydrogen-bond donors (Lipinski definition) is 1. The number of hydrogen-bond acceptors (Lipinski definition) is 2. The second-order valence-corrected chi connectivity index (χ2v) is 6.43. The molecule has 0 aliphatic heterocycles. The van der Waals surface area contributed by atoms with E-state index >= 15 is 0 Å². The highest BCUT2D eigenvalue weighted by Crippen LogP contribution is 2.10. The minimum absolute atomic E-state index is 0.0240. The van der Waals surface area contributed by atoms with E-state index in [1.54, 1.807) is 30.5 Å². The van der Waals surface area contributed by atoms with Gasteiger partial charge in [0, 0.05) is 23.9 Å². The Morgan fingerprint density at radius 2 is 1.70 bits per heavy atom. The molecule has 0 spiro atoms. The Labute approximate surface area is 136 Å². The van der Waals surface area contributed by atoms with Crippen LogP contribution in [0.4, 0.5) is 4.39 Å². The predicted molar refractivity (Wildman–Crippen MR) is 88.4 cm³/mol. The smallest absolute Gasteiger partial charge is 0.269 e. The number of aromatic nitrogens is 1. The summed E-state index contributed by atoms with van der Waals surface area (Å²) in [6.45, 7) is 6.73. The van der Waals surface area contributed by atoms with Gasteiger partial charge in [-0.3, -0.25) is 4.79 Å². The molecule has 2 rings (SSSR count). The number of carbonyl (C=O) groups excluding carboxylic acids is 1. The summed E-state index contributed by atoms with van der Waals surface area (Å²) in [5.74, 6) is 5.38. The fraction of sp³-hybridized carbons (Fsp3) is 0.263. The van der Waals surface area contributed by atoms with Gasteiger partial charge in [0.1, 0.15) is 11.5 Å². The lowest BCUT2D eigenvalue weighted by atomic mass is 9.97. The Balaban J connectivity index is 2.02. The van der Waals surface area contributed by atoms with Crippen molar-refractivity contribution in [1.82, 2.24) is 10.3 Å². The largest absolute Gasteiger partial charge is 0.350 e. The van der Waals surface area contributed by atoms with E-state index in [0.717, 1.165) is 5.56 Å². The van der Waals surface area contributed by atoms with Crippen molar-refractivity contribution in [3.63, 3.8) is 0 Å². The molecule has 0 atom stereocenters. The Morgan fingerprint density at radius 1 is 1.09 bits per heavy atom. The van der Waals surface area contributed by atoms with Crippen LogP contribution in [-0.4, -0.2) is 17.4 Å². The molecule has 1 heterocycles. The van der Waals surface area contributed by atoms with Crippen LogP contribution < -0.4 is 5.32 Å². The van der Waals surface area contributed by atoms with Crippen molar-refractivity contribution in [2.75, 3.05) is 6.54 Å². The highest BCUT2D eigenvalue weighted by Gasteiger charge is 2.13. The van der Waals surface area contributed by atoms with E-state index in [9.17, 15) is 9.18 Å². The van der Waals surface area contributed by atoms with Crippen molar-refractivity contribution < 1.29 is 9.18 Å². The average molecular weight is 310 g/mol. The molecule has 0 fully saturated rings. The van der Waals surface area contributed by atoms with Gasteiger partial charge in [-0.15, -0.1) is 0 Å². The van der Waals surface area contributed by atoms with Crippen molar-refractivity contribution in [1.29, 1.82) is 0 Å². The number of carbonyl (C=O) groups is 1. The SMILES string of the molecule is CC(C)(C)CNC(=O)c1ccc(C#Cc2ccc(F)cc2)cn1. The molecule has 1 amide bonds. The summed E-state index contributed by atoms with van der Waals surface area (Å²) >= 11 is 0. The average Bonchev–Trinajstić information content (AvgIpc) is 2.52. The molecule has 0 radical (unpaired) electrons. The maximum atomic E-state index is 12.8. The number of benzene rings is 1. The molecule has 2 aromatic rings. The predicted octanol–water partition coefficient (Wildman–Crippen LogP) is 3.40. The van der Waals surface area contributed by atoms with Gasteiger partial charge >= 0.3 is 0 Å². The van der Waals surface area contributed by atoms with Crippen LogP contribution in [0.25, 0.3) is 0 Å². The van der Waals surface area contributed by atoms with Gasteiger partial charge in [-0.25, -0.2) is 9.37 Å². The summed E-state index contributed by atoms with van der Waals surface area (Å²) in [5.41, 5.74) is 1.80. The molecule has 118 valence electrons. The minimum Gasteiger partial charge on any atom is -0.350 e. The molecule has 0 unspecified atom stereocenters. The van der Waals surface area contributed by atoms with Crippen molar-refractivity contribution >= 4 is 5.91 Å². The van der Waals surface area contributed by atoms with E-state index in [-0.39, 0.29) is 17.1 Å². The summed E-state index contributed by atoms with van der Waals surface area (Å²) in [4.78, 5) is 16.1. The standard InChI is InChI=1S/C19H19FN2O/c1-19(2,3)13-22-18(23)17-11-8-15(12-21-17)5-4-14-6-9-16(20)10-7-14/h6-12H,13H2,1-3H3,(H,22,23). The van der Waals surface area contributed by atoms with Crippen LogP contribution in [0.5, 0.6) is 0 Å². The maximum absolute atomic E-state index is 12.8. The van der Waals surface area contributed by atoms with Crippen LogP contribution in [0.15, 0.2) is 42.6 Å². The first kappa shape index (κ1) is 16.7. The fourth-order valence-electron chi connectivity index (χ4n) is 1.72. The zero-order chi connectivity index (χ0) is 16.9. The van der Waals surface area contributed by atoms with Crippen LogP contribution in [-0.2, 0) is 0 Å². The first-order chi connectivity index (χ1) is 10.8.